The van der Waals surface area contributed by atoms with Gasteiger partial charge in [0.25, 0.3) is 5.91 Å². The highest BCUT2D eigenvalue weighted by Gasteiger charge is 2.12. The van der Waals surface area contributed by atoms with Crippen LogP contribution in [0.15, 0.2) is 36.9 Å². The maximum absolute atomic E-state index is 12.1. The fourth-order valence-electron chi connectivity index (χ4n) is 1.82. The molecule has 0 aliphatic carbocycles. The Morgan fingerprint density at radius 3 is 2.86 bits per heavy atom. The first-order chi connectivity index (χ1) is 10.6. The number of nitrogens with one attached hydrogen (secondary N) is 1. The molecule has 0 spiro atoms. The normalized spacial score (nSPS) is 10.6. The first-order valence-electron chi connectivity index (χ1n) is 6.45. The lowest BCUT2D eigenvalue weighted by atomic mass is 10.3. The van der Waals surface area contributed by atoms with Crippen LogP contribution in [0.25, 0.3) is 10.6 Å². The molecule has 3 heterocycles. The van der Waals surface area contributed by atoms with Crippen LogP contribution in [0, 0.1) is 0 Å². The van der Waals surface area contributed by atoms with Crippen molar-refractivity contribution in [2.45, 2.75) is 6.54 Å². The number of halogens is 1. The summed E-state index contributed by atoms with van der Waals surface area (Å²) >= 11 is 7.05. The number of carbonyl (C=O) groups excluding carboxylic acids is 1. The Morgan fingerprint density at radius 1 is 1.32 bits per heavy atom. The molecule has 0 saturated carbocycles. The third kappa shape index (κ3) is 3.32. The van der Waals surface area contributed by atoms with Gasteiger partial charge < -0.3 is 5.32 Å². The molecule has 3 aromatic rings. The summed E-state index contributed by atoms with van der Waals surface area (Å²) in [4.78, 5) is 20.9. The molecule has 0 unspecified atom stereocenters. The molecule has 0 saturated heterocycles. The van der Waals surface area contributed by atoms with Crippen molar-refractivity contribution in [2.24, 2.45) is 7.05 Å². The smallest absolute Gasteiger partial charge is 0.263 e. The molecule has 22 heavy (non-hydrogen) atoms. The van der Waals surface area contributed by atoms with Crippen LogP contribution < -0.4 is 5.32 Å². The largest absolute Gasteiger partial charge is 0.347 e. The zero-order valence-electron chi connectivity index (χ0n) is 11.7. The lowest BCUT2D eigenvalue weighted by Gasteiger charge is -2.02. The van der Waals surface area contributed by atoms with Gasteiger partial charge in [0.15, 0.2) is 0 Å². The van der Waals surface area contributed by atoms with Crippen LogP contribution >= 0.6 is 22.9 Å². The summed E-state index contributed by atoms with van der Waals surface area (Å²) in [5.74, 6) is -0.164. The van der Waals surface area contributed by atoms with E-state index in [1.807, 2.05) is 19.3 Å². The fourth-order valence-corrected chi connectivity index (χ4v) is 2.74. The standard InChI is InChI=1S/C14H12ClN5OS/c1-20-8-10(6-19-20)14-18-7-11(22-14)13(21)17-5-9-2-3-12(15)16-4-9/h2-4,6-8H,5H2,1H3,(H,17,21). The van der Waals surface area contributed by atoms with Crippen molar-refractivity contribution < 1.29 is 4.79 Å². The Hall–Kier alpha value is -2.25. The lowest BCUT2D eigenvalue weighted by Crippen LogP contribution is -2.21. The maximum atomic E-state index is 12.1. The van der Waals surface area contributed by atoms with Gasteiger partial charge in [-0.15, -0.1) is 11.3 Å². The predicted molar refractivity (Wildman–Crippen MR) is 84.7 cm³/mol. The maximum Gasteiger partial charge on any atom is 0.263 e. The number of amides is 1. The Balaban J connectivity index is 1.65. The molecule has 1 N–H and O–H groups in total. The number of aryl methyl sites for hydroxylation is 1. The van der Waals surface area contributed by atoms with Crippen molar-refractivity contribution in [1.82, 2.24) is 25.1 Å². The molecular formula is C14H12ClN5OS. The van der Waals surface area contributed by atoms with Gasteiger partial charge in [0.1, 0.15) is 15.0 Å². The Labute approximate surface area is 135 Å². The SMILES string of the molecule is Cn1cc(-c2ncc(C(=O)NCc3ccc(Cl)nc3)s2)cn1. The van der Waals surface area contributed by atoms with E-state index >= 15 is 0 Å². The van der Waals surface area contributed by atoms with Gasteiger partial charge in [0, 0.05) is 31.5 Å². The molecule has 0 bridgehead atoms. The van der Waals surface area contributed by atoms with E-state index in [2.05, 4.69) is 20.4 Å². The summed E-state index contributed by atoms with van der Waals surface area (Å²) in [7, 11) is 1.84. The molecular weight excluding hydrogens is 322 g/mol. The van der Waals surface area contributed by atoms with E-state index in [9.17, 15) is 4.79 Å². The van der Waals surface area contributed by atoms with Gasteiger partial charge in [-0.1, -0.05) is 17.7 Å². The van der Waals surface area contributed by atoms with Crippen molar-refractivity contribution in [2.75, 3.05) is 0 Å². The van der Waals surface area contributed by atoms with Crippen molar-refractivity contribution in [3.05, 3.63) is 52.5 Å². The first kappa shape index (κ1) is 14.7. The van der Waals surface area contributed by atoms with Gasteiger partial charge in [-0.2, -0.15) is 5.10 Å². The topological polar surface area (TPSA) is 72.7 Å². The minimum Gasteiger partial charge on any atom is -0.347 e. The van der Waals surface area contributed by atoms with Crippen molar-refractivity contribution in [3.8, 4) is 10.6 Å². The van der Waals surface area contributed by atoms with E-state index in [1.54, 1.807) is 29.3 Å². The zero-order valence-corrected chi connectivity index (χ0v) is 13.2. The van der Waals surface area contributed by atoms with Crippen LogP contribution in [-0.2, 0) is 13.6 Å². The number of pyridine rings is 1. The molecule has 0 aromatic carbocycles. The van der Waals surface area contributed by atoms with Crippen LogP contribution in [0.5, 0.6) is 0 Å². The van der Waals surface area contributed by atoms with E-state index in [1.165, 1.54) is 11.3 Å². The molecule has 3 aromatic heterocycles. The predicted octanol–water partition coefficient (Wildman–Crippen LogP) is 2.52. The van der Waals surface area contributed by atoms with E-state index in [0.29, 0.717) is 16.6 Å². The summed E-state index contributed by atoms with van der Waals surface area (Å²) in [6.07, 6.45) is 6.79. The number of carbonyl (C=O) groups is 1. The summed E-state index contributed by atoms with van der Waals surface area (Å²) in [6.45, 7) is 0.392. The Kier molecular flexibility index (Phi) is 4.17. The van der Waals surface area contributed by atoms with E-state index < -0.39 is 0 Å². The summed E-state index contributed by atoms with van der Waals surface area (Å²) in [6, 6.07) is 3.51. The highest BCUT2D eigenvalue weighted by Crippen LogP contribution is 2.24. The minimum atomic E-state index is -0.164. The second-order valence-corrected chi connectivity index (χ2v) is 6.02. The van der Waals surface area contributed by atoms with Crippen LogP contribution in [0.2, 0.25) is 5.15 Å². The monoisotopic (exact) mass is 333 g/mol. The summed E-state index contributed by atoms with van der Waals surface area (Å²) in [5.41, 5.74) is 1.78. The molecule has 0 radical (unpaired) electrons. The van der Waals surface area contributed by atoms with E-state index in [4.69, 9.17) is 11.6 Å². The third-order valence-electron chi connectivity index (χ3n) is 2.92. The number of nitrogens with zero attached hydrogens (tertiary/aromatic N) is 4. The van der Waals surface area contributed by atoms with Crippen molar-refractivity contribution in [1.29, 1.82) is 0 Å². The Morgan fingerprint density at radius 2 is 2.18 bits per heavy atom. The molecule has 0 atom stereocenters. The third-order valence-corrected chi connectivity index (χ3v) is 4.19. The molecule has 3 rings (SSSR count). The van der Waals surface area contributed by atoms with Crippen LogP contribution in [0.1, 0.15) is 15.2 Å². The number of aromatic nitrogens is 4. The van der Waals surface area contributed by atoms with Gasteiger partial charge in [-0.3, -0.25) is 9.48 Å². The van der Waals surface area contributed by atoms with E-state index in [0.717, 1.165) is 16.1 Å². The van der Waals surface area contributed by atoms with Gasteiger partial charge in [0.2, 0.25) is 0 Å². The number of hydrogen-bond donors (Lipinski definition) is 1. The zero-order chi connectivity index (χ0) is 15.5. The second kappa shape index (κ2) is 6.25. The van der Waals surface area contributed by atoms with Gasteiger partial charge in [-0.05, 0) is 11.6 Å². The number of hydrogen-bond acceptors (Lipinski definition) is 5. The molecule has 0 fully saturated rings. The van der Waals surface area contributed by atoms with Crippen LogP contribution in [-0.4, -0.2) is 25.7 Å². The average molecular weight is 334 g/mol. The van der Waals surface area contributed by atoms with Crippen LogP contribution in [0.3, 0.4) is 0 Å². The van der Waals surface area contributed by atoms with Crippen molar-refractivity contribution in [3.63, 3.8) is 0 Å². The average Bonchev–Trinajstić information content (AvgIpc) is 3.15. The van der Waals surface area contributed by atoms with Gasteiger partial charge in [0.05, 0.1) is 12.4 Å². The van der Waals surface area contributed by atoms with Crippen molar-refractivity contribution >= 4 is 28.8 Å². The van der Waals surface area contributed by atoms with Gasteiger partial charge >= 0.3 is 0 Å². The first-order valence-corrected chi connectivity index (χ1v) is 7.65. The van der Waals surface area contributed by atoms with E-state index in [-0.39, 0.29) is 5.91 Å². The number of thiazole rings is 1. The number of rotatable bonds is 4. The summed E-state index contributed by atoms with van der Waals surface area (Å²) in [5, 5.41) is 8.13. The highest BCUT2D eigenvalue weighted by molar-refractivity contribution is 7.16. The second-order valence-electron chi connectivity index (χ2n) is 4.60. The summed E-state index contributed by atoms with van der Waals surface area (Å²) < 4.78 is 1.70. The molecule has 112 valence electrons. The quantitative estimate of drug-likeness (QED) is 0.745. The van der Waals surface area contributed by atoms with Gasteiger partial charge in [-0.25, -0.2) is 9.97 Å². The molecule has 8 heteroatoms. The fraction of sp³-hybridized carbons (Fsp3) is 0.143. The lowest BCUT2D eigenvalue weighted by molar-refractivity contribution is 0.0954. The Bertz CT molecular complexity index is 796. The highest BCUT2D eigenvalue weighted by atomic mass is 35.5. The molecule has 6 nitrogen and oxygen atoms in total. The molecule has 0 aliphatic rings. The minimum absolute atomic E-state index is 0.164. The van der Waals surface area contributed by atoms with Crippen LogP contribution in [0.4, 0.5) is 0 Å². The molecule has 0 aliphatic heterocycles. The molecule has 1 amide bonds.